The van der Waals surface area contributed by atoms with Crippen LogP contribution in [0.25, 0.3) is 67.7 Å². The number of oxazole rings is 3. The van der Waals surface area contributed by atoms with E-state index >= 15 is 0 Å². The fraction of sp³-hybridized carbons (Fsp3) is 0.259. The lowest BCUT2D eigenvalue weighted by Gasteiger charge is -2.38. The maximum absolute atomic E-state index is 11.8. The second-order valence-corrected chi connectivity index (χ2v) is 19.2. The number of hydrogen-bond donors (Lipinski definition) is 3. The summed E-state index contributed by atoms with van der Waals surface area (Å²) in [7, 11) is 2.13. The van der Waals surface area contributed by atoms with Crippen molar-refractivity contribution in [2.75, 3.05) is 80.8 Å². The molecule has 0 atom stereocenters. The Balaban J connectivity index is 0.000000123. The van der Waals surface area contributed by atoms with Crippen molar-refractivity contribution in [2.45, 2.75) is 31.5 Å². The molecule has 0 bridgehead atoms. The van der Waals surface area contributed by atoms with Crippen LogP contribution in [0, 0.1) is 0 Å². The molecular weight excluding hydrogens is 987 g/mol. The Bertz CT molecular complexity index is 3660. The predicted octanol–water partition coefficient (Wildman–Crippen LogP) is 9.80. The number of rotatable bonds is 9. The average Bonchev–Trinajstić information content (AvgIpc) is 4.34. The number of aromatic nitrogens is 3. The van der Waals surface area contributed by atoms with Gasteiger partial charge in [0.2, 0.25) is 23.6 Å². The van der Waals surface area contributed by atoms with Gasteiger partial charge in [-0.3, -0.25) is 4.79 Å². The Hall–Kier alpha value is -8.91. The minimum atomic E-state index is -0.999. The summed E-state index contributed by atoms with van der Waals surface area (Å²) in [6.45, 7) is 7.88. The zero-order valence-electron chi connectivity index (χ0n) is 42.0. The van der Waals surface area contributed by atoms with Crippen molar-refractivity contribution in [3.8, 4) is 34.4 Å². The van der Waals surface area contributed by atoms with Gasteiger partial charge in [0.25, 0.3) is 0 Å². The molecule has 19 nitrogen and oxygen atoms in total. The summed E-state index contributed by atoms with van der Waals surface area (Å²) in [6, 6.07) is 37.3. The summed E-state index contributed by atoms with van der Waals surface area (Å²) >= 11 is 0. The maximum Gasteiger partial charge on any atom is 0.335 e. The lowest BCUT2D eigenvalue weighted by Crippen LogP contribution is -2.45. The third-order valence-corrected chi connectivity index (χ3v) is 14.2. The van der Waals surface area contributed by atoms with Gasteiger partial charge in [-0.25, -0.2) is 29.3 Å². The number of nitrogens with zero attached hydrogens (tertiary/aromatic N) is 7. The lowest BCUT2D eigenvalue weighted by atomic mass is 10.0. The van der Waals surface area contributed by atoms with Gasteiger partial charge < -0.3 is 57.6 Å². The number of benzene rings is 6. The van der Waals surface area contributed by atoms with Crippen molar-refractivity contribution in [1.82, 2.24) is 19.9 Å². The Morgan fingerprint density at radius 3 is 1.52 bits per heavy atom. The van der Waals surface area contributed by atoms with Crippen LogP contribution in [0.1, 0.15) is 56.8 Å². The topological polar surface area (TPSA) is 238 Å². The highest BCUT2D eigenvalue weighted by atomic mass is 16.7. The molecule has 4 aliphatic rings. The van der Waals surface area contributed by atoms with Crippen molar-refractivity contribution >= 4 is 74.2 Å². The van der Waals surface area contributed by atoms with Crippen molar-refractivity contribution in [2.24, 2.45) is 0 Å². The zero-order valence-corrected chi connectivity index (χ0v) is 42.0. The smallest absolute Gasteiger partial charge is 0.335 e. The molecule has 1 amide bonds. The molecule has 4 aliphatic heterocycles. The second kappa shape index (κ2) is 21.4. The molecule has 19 heteroatoms. The third kappa shape index (κ3) is 11.0. The van der Waals surface area contributed by atoms with Crippen LogP contribution >= 0.6 is 0 Å². The van der Waals surface area contributed by atoms with E-state index < -0.39 is 23.7 Å². The lowest BCUT2D eigenvalue weighted by molar-refractivity contribution is -0.169. The number of piperidine rings is 1. The van der Waals surface area contributed by atoms with E-state index in [1.54, 1.807) is 59.5 Å². The highest BCUT2D eigenvalue weighted by Gasteiger charge is 2.40. The number of piperazine rings is 1. The number of carboxylic acid groups (broad SMARTS) is 3. The highest BCUT2D eigenvalue weighted by Crippen LogP contribution is 2.36. The van der Waals surface area contributed by atoms with E-state index in [0.717, 1.165) is 98.7 Å². The van der Waals surface area contributed by atoms with Crippen LogP contribution in [0.2, 0.25) is 0 Å². The molecule has 4 fully saturated rings. The van der Waals surface area contributed by atoms with E-state index in [2.05, 4.69) is 42.8 Å². The third-order valence-electron chi connectivity index (χ3n) is 14.2. The average molecular weight is 1040 g/mol. The fourth-order valence-corrected chi connectivity index (χ4v) is 9.88. The van der Waals surface area contributed by atoms with Crippen LogP contribution in [0.4, 0.5) is 17.1 Å². The molecule has 0 radical (unpaired) electrons. The second-order valence-electron chi connectivity index (χ2n) is 19.2. The number of amides is 1. The van der Waals surface area contributed by atoms with Crippen LogP contribution in [0.3, 0.4) is 0 Å². The van der Waals surface area contributed by atoms with Gasteiger partial charge in [0.1, 0.15) is 16.6 Å². The number of fused-ring (bicyclic) bond motifs is 3. The number of likely N-dealkylation sites (N-methyl/N-ethyl adjacent to an activating group) is 1. The largest absolute Gasteiger partial charge is 0.478 e. The van der Waals surface area contributed by atoms with Crippen LogP contribution in [0.5, 0.6) is 0 Å². The van der Waals surface area contributed by atoms with E-state index in [0.29, 0.717) is 70.7 Å². The molecule has 77 heavy (non-hydrogen) atoms. The Morgan fingerprint density at radius 2 is 0.987 bits per heavy atom. The molecule has 0 unspecified atom stereocenters. The molecule has 4 saturated heterocycles. The normalized spacial score (nSPS) is 16.4. The van der Waals surface area contributed by atoms with E-state index in [9.17, 15) is 24.3 Å². The summed E-state index contributed by atoms with van der Waals surface area (Å²) in [5.74, 6) is -1.91. The minimum Gasteiger partial charge on any atom is -0.478 e. The summed E-state index contributed by atoms with van der Waals surface area (Å²) in [4.78, 5) is 67.2. The number of carbonyl (C=O) groups excluding carboxylic acids is 1. The van der Waals surface area contributed by atoms with Gasteiger partial charge in [-0.2, -0.15) is 0 Å². The van der Waals surface area contributed by atoms with Gasteiger partial charge in [0.05, 0.1) is 29.9 Å². The van der Waals surface area contributed by atoms with Crippen LogP contribution in [-0.4, -0.2) is 131 Å². The minimum absolute atomic E-state index is 0.144. The molecule has 0 aliphatic carbocycles. The van der Waals surface area contributed by atoms with Crippen LogP contribution < -0.4 is 14.7 Å². The predicted molar refractivity (Wildman–Crippen MR) is 287 cm³/mol. The van der Waals surface area contributed by atoms with Crippen molar-refractivity contribution < 1.29 is 57.2 Å². The van der Waals surface area contributed by atoms with Gasteiger partial charge in [-0.15, -0.1) is 0 Å². The summed E-state index contributed by atoms with van der Waals surface area (Å²) < 4.78 is 29.1. The zero-order chi connectivity index (χ0) is 53.2. The van der Waals surface area contributed by atoms with Crippen molar-refractivity contribution in [3.05, 3.63) is 144 Å². The molecular formula is C58H53N7O12. The molecule has 1 spiro atoms. The number of carbonyl (C=O) groups is 4. The SMILES string of the molecule is CN1CCN(c2ccc3nc(-c4cccc(C(=O)O)c4)oc3c2)CC1.O=C(O)c1ccc2oc(-c3ccc(N4CCCC4=O)cc3)nc2c1.O=C(O)c1cccc(-c2nc3ccc(N4CCC5(CC4)OCCO5)cc3o2)c1. The highest BCUT2D eigenvalue weighted by molar-refractivity contribution is 5.96. The van der Waals surface area contributed by atoms with Crippen molar-refractivity contribution in [1.29, 1.82) is 0 Å². The van der Waals surface area contributed by atoms with E-state index in [4.69, 9.17) is 32.9 Å². The molecule has 13 rings (SSSR count). The summed E-state index contributed by atoms with van der Waals surface area (Å²) in [6.07, 6.45) is 3.17. The number of aromatic carboxylic acids is 3. The van der Waals surface area contributed by atoms with Gasteiger partial charge in [0.15, 0.2) is 22.5 Å². The van der Waals surface area contributed by atoms with Crippen molar-refractivity contribution in [3.63, 3.8) is 0 Å². The molecule has 7 heterocycles. The first-order valence-electron chi connectivity index (χ1n) is 25.3. The van der Waals surface area contributed by atoms with E-state index in [1.807, 2.05) is 54.6 Å². The number of ether oxygens (including phenoxy) is 2. The van der Waals surface area contributed by atoms with Gasteiger partial charge in [-0.1, -0.05) is 12.1 Å². The Labute approximate surface area is 440 Å². The molecule has 3 aromatic heterocycles. The first-order valence-corrected chi connectivity index (χ1v) is 25.3. The Kier molecular flexibility index (Phi) is 14.0. The van der Waals surface area contributed by atoms with Crippen LogP contribution in [0.15, 0.2) is 141 Å². The van der Waals surface area contributed by atoms with E-state index in [-0.39, 0.29) is 22.6 Å². The standard InChI is InChI=1S/C21H20N2O5.C19H19N3O3.C18H14N2O4/c24-20(25)15-3-1-2-14(12-15)19-22-17-5-4-16(13-18(17)28-19)23-8-6-21(7-9-23)26-10-11-27-21;1-21-7-9-22(10-8-21)15-5-6-16-17(12-15)25-18(20-16)13-3-2-4-14(11-13)19(23)24;21-16-2-1-9-20(16)13-6-3-11(4-7-13)17-19-14-10-12(18(22)23)5-8-15(14)24-17/h1-5,12-13H,6-11H2,(H,24,25);2-6,11-12H,7-10H2,1H3,(H,23,24);3-8,10H,1-2,9H2,(H,22,23). The van der Waals surface area contributed by atoms with Crippen LogP contribution in [-0.2, 0) is 14.3 Å². The Morgan fingerprint density at radius 1 is 0.494 bits per heavy atom. The molecule has 9 aromatic rings. The fourth-order valence-electron chi connectivity index (χ4n) is 9.88. The van der Waals surface area contributed by atoms with Gasteiger partial charge in [-0.05, 0) is 117 Å². The molecule has 0 saturated carbocycles. The molecule has 6 aromatic carbocycles. The number of hydrogen-bond acceptors (Lipinski definition) is 15. The first-order chi connectivity index (χ1) is 37.3. The quantitative estimate of drug-likeness (QED) is 0.122. The first kappa shape index (κ1) is 50.3. The maximum atomic E-state index is 11.8. The molecule has 3 N–H and O–H groups in total. The van der Waals surface area contributed by atoms with Gasteiger partial charge in [0, 0.05) is 111 Å². The number of anilines is 3. The van der Waals surface area contributed by atoms with E-state index in [1.165, 1.54) is 12.1 Å². The monoisotopic (exact) mass is 1040 g/mol. The summed E-state index contributed by atoms with van der Waals surface area (Å²) in [5, 5.41) is 27.3. The number of carboxylic acids is 3. The summed E-state index contributed by atoms with van der Waals surface area (Å²) in [5.41, 5.74) is 9.71. The molecule has 392 valence electrons. The van der Waals surface area contributed by atoms with Gasteiger partial charge >= 0.3 is 17.9 Å².